The Morgan fingerprint density at radius 3 is 0.926 bits per heavy atom. The third-order valence-corrected chi connectivity index (χ3v) is 16.4. The lowest BCUT2D eigenvalue weighted by Crippen LogP contribution is -2.30. The molecule has 4 N–H and O–H groups in total. The van der Waals surface area contributed by atoms with Crippen molar-refractivity contribution in [3.8, 4) is 0 Å². The predicted molar refractivity (Wildman–Crippen MR) is 389 cm³/mol. The first kappa shape index (κ1) is 90.4. The number of aliphatic hydroxyl groups is 2. The maximum Gasteiger partial charge on any atom is 0.472 e. The van der Waals surface area contributed by atoms with Gasteiger partial charge in [-0.05, 0) is 141 Å². The summed E-state index contributed by atoms with van der Waals surface area (Å²) in [6.45, 7) is 2.39. The Balaban J connectivity index is 4.63. The largest absolute Gasteiger partial charge is 0.472 e. The summed E-state index contributed by atoms with van der Waals surface area (Å²) in [4.78, 5) is 58.5. The van der Waals surface area contributed by atoms with Gasteiger partial charge in [0.25, 0.3) is 0 Å². The summed E-state index contributed by atoms with van der Waals surface area (Å²) < 4.78 is 60.9. The summed E-state index contributed by atoms with van der Waals surface area (Å²) in [5.41, 5.74) is 0. The number of phosphoric acid groups is 2. The predicted octanol–water partition coefficient (Wildman–Crippen LogP) is 20.5. The van der Waals surface area contributed by atoms with Crippen molar-refractivity contribution in [2.24, 2.45) is 0 Å². The van der Waals surface area contributed by atoms with Crippen molar-refractivity contribution in [2.45, 2.75) is 283 Å². The second-order valence-electron chi connectivity index (χ2n) is 23.6. The highest BCUT2D eigenvalue weighted by atomic mass is 31.2. The first-order valence-electron chi connectivity index (χ1n) is 36.1. The standard InChI is InChI=1S/C77H128O16P2/c1-4-7-10-13-16-19-22-25-27-29-31-33-34-35-36-38-40-41-43-46-48-51-54-57-60-63-75(80)87-66-72(78)67-89-94(83,84)90-68-73(79)69-91-95(85,86)92-71-74(93-77(82)65-62-59-56-53-50-45-24-21-18-15-12-9-6-3)70-88-76(81)64-61-58-55-52-49-47-44-42-39-37-32-30-28-26-23-20-17-14-11-8-5-2/h7,10,12,15-17,19-21,24-28,31-33,35-37,40-42,44,72-74,78-79H,4-6,8-9,11,13-14,18,22-23,29-30,34,38-39,43,45-71H2,1-3H3,(H,83,84)(H,85,86)/b10-7-,15-12-,19-16-,20-17-,24-21-,27-25-,28-26-,33-31-,36-35-,37-32-,41-40-,44-42-. The van der Waals surface area contributed by atoms with E-state index in [2.05, 4.69) is 167 Å². The van der Waals surface area contributed by atoms with Crippen LogP contribution in [0.15, 0.2) is 146 Å². The van der Waals surface area contributed by atoms with E-state index in [9.17, 15) is 43.5 Å². The average molecular weight is 1370 g/mol. The van der Waals surface area contributed by atoms with Crippen LogP contribution in [0.1, 0.15) is 265 Å². The summed E-state index contributed by atoms with van der Waals surface area (Å²) in [6, 6.07) is 0. The Morgan fingerprint density at radius 1 is 0.305 bits per heavy atom. The van der Waals surface area contributed by atoms with E-state index >= 15 is 0 Å². The molecule has 0 heterocycles. The van der Waals surface area contributed by atoms with Crippen molar-refractivity contribution in [3.63, 3.8) is 0 Å². The fourth-order valence-electron chi connectivity index (χ4n) is 9.01. The topological polar surface area (TPSA) is 231 Å². The molecular weight excluding hydrogens is 1240 g/mol. The van der Waals surface area contributed by atoms with E-state index in [4.69, 9.17) is 32.3 Å². The van der Waals surface area contributed by atoms with E-state index < -0.39 is 91.5 Å². The van der Waals surface area contributed by atoms with Gasteiger partial charge in [0, 0.05) is 19.3 Å². The molecule has 0 aromatic rings. The molecule has 0 saturated carbocycles. The molecule has 5 unspecified atom stereocenters. The van der Waals surface area contributed by atoms with Gasteiger partial charge in [-0.1, -0.05) is 250 Å². The van der Waals surface area contributed by atoms with Gasteiger partial charge < -0.3 is 34.2 Å². The Morgan fingerprint density at radius 2 is 0.579 bits per heavy atom. The SMILES string of the molecule is CC/C=C\C/C=C\C/C=C\C/C=C\C/C=C\C/C=C\CCCCCCCCC(=O)OCC(O)COP(=O)(O)OCC(O)COP(=O)(O)OCC(COC(=O)CCCCCCC/C=C\C/C=C\C/C=C\C/C=C\CCCCC)OC(=O)CCCCCCC/C=C\C/C=C\CCC. The number of aliphatic hydroxyl groups excluding tert-OH is 2. The molecule has 16 nitrogen and oxygen atoms in total. The second-order valence-corrected chi connectivity index (χ2v) is 26.6. The van der Waals surface area contributed by atoms with Crippen molar-refractivity contribution in [3.05, 3.63) is 146 Å². The normalized spacial score (nSPS) is 15.0. The van der Waals surface area contributed by atoms with Crippen LogP contribution in [0.25, 0.3) is 0 Å². The highest BCUT2D eigenvalue weighted by Gasteiger charge is 2.29. The molecule has 95 heavy (non-hydrogen) atoms. The van der Waals surface area contributed by atoms with Crippen LogP contribution in [0.4, 0.5) is 0 Å². The van der Waals surface area contributed by atoms with E-state index in [0.29, 0.717) is 19.3 Å². The first-order valence-corrected chi connectivity index (χ1v) is 39.1. The van der Waals surface area contributed by atoms with Crippen LogP contribution in [-0.2, 0) is 55.8 Å². The minimum absolute atomic E-state index is 0.0793. The molecule has 0 aliphatic rings. The van der Waals surface area contributed by atoms with E-state index in [1.807, 2.05) is 0 Å². The van der Waals surface area contributed by atoms with Crippen LogP contribution >= 0.6 is 15.6 Å². The molecule has 0 aromatic carbocycles. The highest BCUT2D eigenvalue weighted by molar-refractivity contribution is 7.47. The molecule has 542 valence electrons. The lowest BCUT2D eigenvalue weighted by Gasteiger charge is -2.21. The Hall–Kier alpha value is -4.57. The van der Waals surface area contributed by atoms with Gasteiger partial charge in [-0.3, -0.25) is 32.5 Å². The minimum atomic E-state index is -4.94. The van der Waals surface area contributed by atoms with Gasteiger partial charge in [0.05, 0.1) is 26.4 Å². The van der Waals surface area contributed by atoms with E-state index in [1.54, 1.807) is 0 Å². The number of hydrogen-bond donors (Lipinski definition) is 4. The third-order valence-electron chi connectivity index (χ3n) is 14.5. The smallest absolute Gasteiger partial charge is 0.463 e. The van der Waals surface area contributed by atoms with Crippen LogP contribution in [-0.4, -0.2) is 95.9 Å². The van der Waals surface area contributed by atoms with Crippen LogP contribution in [0.5, 0.6) is 0 Å². The van der Waals surface area contributed by atoms with Gasteiger partial charge in [0.15, 0.2) is 6.10 Å². The molecule has 18 heteroatoms. The molecule has 0 saturated heterocycles. The van der Waals surface area contributed by atoms with E-state index in [1.165, 1.54) is 25.7 Å². The van der Waals surface area contributed by atoms with Crippen LogP contribution < -0.4 is 0 Å². The maximum absolute atomic E-state index is 12.9. The number of rotatable bonds is 67. The molecule has 0 aliphatic heterocycles. The first-order chi connectivity index (χ1) is 46.2. The fraction of sp³-hybridized carbons (Fsp3) is 0.649. The number of esters is 3. The summed E-state index contributed by atoms with van der Waals surface area (Å²) in [5, 5.41) is 20.6. The number of carbonyl (C=O) groups is 3. The third kappa shape index (κ3) is 70.6. The number of carbonyl (C=O) groups excluding carboxylic acids is 3. The summed E-state index contributed by atoms with van der Waals surface area (Å²) in [7, 11) is -9.80. The van der Waals surface area contributed by atoms with Gasteiger partial charge in [0.2, 0.25) is 0 Å². The Bertz CT molecular complexity index is 2310. The molecule has 0 fully saturated rings. The lowest BCUT2D eigenvalue weighted by atomic mass is 10.1. The van der Waals surface area contributed by atoms with Gasteiger partial charge in [-0.15, -0.1) is 0 Å². The number of phosphoric ester groups is 2. The van der Waals surface area contributed by atoms with Crippen LogP contribution in [0, 0.1) is 0 Å². The lowest BCUT2D eigenvalue weighted by molar-refractivity contribution is -0.161. The number of ether oxygens (including phenoxy) is 3. The quantitative estimate of drug-likeness (QED) is 0.0146. The van der Waals surface area contributed by atoms with Crippen molar-refractivity contribution >= 4 is 33.6 Å². The monoisotopic (exact) mass is 1370 g/mol. The minimum Gasteiger partial charge on any atom is -0.463 e. The second kappa shape index (κ2) is 69.3. The fourth-order valence-corrected chi connectivity index (χ4v) is 10.6. The molecule has 0 aromatic heterocycles. The molecule has 0 spiro atoms. The van der Waals surface area contributed by atoms with Gasteiger partial charge in [-0.2, -0.15) is 0 Å². The maximum atomic E-state index is 12.9. The molecule has 0 radical (unpaired) electrons. The zero-order valence-electron chi connectivity index (χ0n) is 58.8. The van der Waals surface area contributed by atoms with Crippen molar-refractivity contribution in [1.82, 2.24) is 0 Å². The Labute approximate surface area is 575 Å². The van der Waals surface area contributed by atoms with Crippen LogP contribution in [0.2, 0.25) is 0 Å². The van der Waals surface area contributed by atoms with Crippen molar-refractivity contribution in [2.75, 3.05) is 39.6 Å². The van der Waals surface area contributed by atoms with Gasteiger partial charge >= 0.3 is 33.6 Å². The summed E-state index contributed by atoms with van der Waals surface area (Å²) >= 11 is 0. The summed E-state index contributed by atoms with van der Waals surface area (Å²) in [5.74, 6) is -1.63. The van der Waals surface area contributed by atoms with Crippen molar-refractivity contribution < 1.29 is 75.8 Å². The van der Waals surface area contributed by atoms with Gasteiger partial charge in [0.1, 0.15) is 25.4 Å². The summed E-state index contributed by atoms with van der Waals surface area (Å²) in [6.07, 6.45) is 83.2. The molecule has 0 bridgehead atoms. The zero-order valence-corrected chi connectivity index (χ0v) is 60.6. The average Bonchev–Trinajstić information content (AvgIpc) is 1.81. The van der Waals surface area contributed by atoms with E-state index in [-0.39, 0.29) is 19.3 Å². The number of hydrogen-bond acceptors (Lipinski definition) is 14. The van der Waals surface area contributed by atoms with Gasteiger partial charge in [-0.25, -0.2) is 9.13 Å². The van der Waals surface area contributed by atoms with E-state index in [0.717, 1.165) is 180 Å². The van der Waals surface area contributed by atoms with Crippen molar-refractivity contribution in [1.29, 1.82) is 0 Å². The highest BCUT2D eigenvalue weighted by Crippen LogP contribution is 2.45. The van der Waals surface area contributed by atoms with Crippen LogP contribution in [0.3, 0.4) is 0 Å². The molecule has 0 rings (SSSR count). The molecule has 5 atom stereocenters. The number of unbranched alkanes of at least 4 members (excludes halogenated alkanes) is 20. The Kier molecular flexibility index (Phi) is 66.0. The molecule has 0 aliphatic carbocycles. The molecular formula is C77H128O16P2. The number of allylic oxidation sites excluding steroid dienone is 24. The zero-order chi connectivity index (χ0) is 69.5. The molecule has 0 amide bonds.